The summed E-state index contributed by atoms with van der Waals surface area (Å²) in [4.78, 5) is 21.3. The van der Waals surface area contributed by atoms with E-state index < -0.39 is 0 Å². The number of aryl methyl sites for hydroxylation is 3. The van der Waals surface area contributed by atoms with Gasteiger partial charge >= 0.3 is 0 Å². The van der Waals surface area contributed by atoms with E-state index in [2.05, 4.69) is 15.3 Å². The summed E-state index contributed by atoms with van der Waals surface area (Å²) in [5, 5.41) is 2.86. The van der Waals surface area contributed by atoms with Gasteiger partial charge in [-0.3, -0.25) is 4.79 Å². The molecule has 0 radical (unpaired) electrons. The zero-order valence-electron chi connectivity index (χ0n) is 14.7. The fourth-order valence-electron chi connectivity index (χ4n) is 2.44. The second kappa shape index (κ2) is 7.30. The van der Waals surface area contributed by atoms with E-state index in [1.54, 1.807) is 12.1 Å². The van der Waals surface area contributed by atoms with Gasteiger partial charge in [-0.2, -0.15) is 0 Å². The molecule has 1 N–H and O–H groups in total. The summed E-state index contributed by atoms with van der Waals surface area (Å²) in [6.07, 6.45) is 0. The molecule has 3 aromatic rings. The summed E-state index contributed by atoms with van der Waals surface area (Å²) in [5.41, 5.74) is 5.05. The molecule has 3 rings (SSSR count). The molecule has 0 bridgehead atoms. The van der Waals surface area contributed by atoms with Crippen molar-refractivity contribution < 1.29 is 9.53 Å². The average molecular weight is 335 g/mol. The van der Waals surface area contributed by atoms with E-state index >= 15 is 0 Å². The number of hydrogen-bond acceptors (Lipinski definition) is 4. The monoisotopic (exact) mass is 335 g/mol. The van der Waals surface area contributed by atoms with Crippen molar-refractivity contribution in [2.24, 2.45) is 0 Å². The fraction of sp³-hybridized carbons (Fsp3) is 0.250. The Kier molecular flexibility index (Phi) is 4.93. The molecule has 1 amide bonds. The first kappa shape index (κ1) is 16.9. The Morgan fingerprint density at radius 2 is 1.64 bits per heavy atom. The molecular weight excluding hydrogens is 314 g/mol. The van der Waals surface area contributed by atoms with E-state index in [1.165, 1.54) is 5.56 Å². The third-order valence-corrected chi connectivity index (χ3v) is 4.01. The zero-order valence-corrected chi connectivity index (χ0v) is 14.7. The number of aromatic nitrogens is 2. The highest BCUT2D eigenvalue weighted by Crippen LogP contribution is 2.14. The first-order valence-corrected chi connectivity index (χ1v) is 8.25. The Labute approximate surface area is 147 Å². The van der Waals surface area contributed by atoms with E-state index in [9.17, 15) is 4.79 Å². The fourth-order valence-corrected chi connectivity index (χ4v) is 2.44. The number of fused-ring (bicyclic) bond motifs is 1. The summed E-state index contributed by atoms with van der Waals surface area (Å²) in [6.45, 7) is 6.72. The second-order valence-electron chi connectivity index (χ2n) is 6.02. The molecule has 5 nitrogen and oxygen atoms in total. The molecule has 1 heterocycles. The Balaban J connectivity index is 1.58. The molecule has 25 heavy (non-hydrogen) atoms. The minimum absolute atomic E-state index is 0.144. The molecule has 128 valence electrons. The van der Waals surface area contributed by atoms with Crippen LogP contribution in [-0.2, 0) is 0 Å². The van der Waals surface area contributed by atoms with Crippen LogP contribution in [0.4, 0.5) is 0 Å². The van der Waals surface area contributed by atoms with Crippen LogP contribution >= 0.6 is 0 Å². The summed E-state index contributed by atoms with van der Waals surface area (Å²) < 4.78 is 5.61. The van der Waals surface area contributed by atoms with Gasteiger partial charge in [0.15, 0.2) is 0 Å². The van der Waals surface area contributed by atoms with Crippen LogP contribution < -0.4 is 10.1 Å². The van der Waals surface area contributed by atoms with Gasteiger partial charge in [0.1, 0.15) is 12.4 Å². The number of ether oxygens (including phenoxy) is 1. The molecule has 0 unspecified atom stereocenters. The summed E-state index contributed by atoms with van der Waals surface area (Å²) in [7, 11) is 0. The number of carbonyl (C=O) groups is 1. The number of rotatable bonds is 5. The van der Waals surface area contributed by atoms with Crippen molar-refractivity contribution in [1.82, 2.24) is 15.3 Å². The molecule has 0 aliphatic heterocycles. The lowest BCUT2D eigenvalue weighted by atomic mass is 10.1. The van der Waals surface area contributed by atoms with Gasteiger partial charge in [0.25, 0.3) is 5.91 Å². The zero-order chi connectivity index (χ0) is 17.8. The molecule has 0 aliphatic rings. The number of nitrogens with zero attached hydrogens (tertiary/aromatic N) is 2. The van der Waals surface area contributed by atoms with Gasteiger partial charge in [0.2, 0.25) is 0 Å². The molecule has 0 saturated heterocycles. The third-order valence-electron chi connectivity index (χ3n) is 4.01. The predicted molar refractivity (Wildman–Crippen MR) is 98.0 cm³/mol. The summed E-state index contributed by atoms with van der Waals surface area (Å²) >= 11 is 0. The van der Waals surface area contributed by atoms with E-state index in [-0.39, 0.29) is 5.91 Å². The number of hydrogen-bond donors (Lipinski definition) is 1. The average Bonchev–Trinajstić information content (AvgIpc) is 2.60. The van der Waals surface area contributed by atoms with Crippen molar-refractivity contribution in [3.63, 3.8) is 0 Å². The largest absolute Gasteiger partial charge is 0.492 e. The van der Waals surface area contributed by atoms with Crippen molar-refractivity contribution in [3.8, 4) is 5.75 Å². The van der Waals surface area contributed by atoms with Crippen LogP contribution in [0.1, 0.15) is 27.3 Å². The van der Waals surface area contributed by atoms with E-state index in [4.69, 9.17) is 4.74 Å². The molecule has 0 atom stereocenters. The van der Waals surface area contributed by atoms with Gasteiger partial charge < -0.3 is 10.1 Å². The molecule has 0 saturated carbocycles. The van der Waals surface area contributed by atoms with Crippen LogP contribution in [0.25, 0.3) is 11.0 Å². The van der Waals surface area contributed by atoms with Gasteiger partial charge in [0.05, 0.1) is 29.0 Å². The standard InChI is InChI=1S/C20H21N3O2/c1-13-4-7-17(8-5-13)25-11-10-21-20(24)16-6-9-18-19(12-16)23-15(3)14(2)22-18/h4-9,12H,10-11H2,1-3H3,(H,21,24). The summed E-state index contributed by atoms with van der Waals surface area (Å²) in [5.74, 6) is 0.654. The first-order valence-electron chi connectivity index (χ1n) is 8.25. The van der Waals surface area contributed by atoms with Gasteiger partial charge in [-0.25, -0.2) is 9.97 Å². The number of benzene rings is 2. The van der Waals surface area contributed by atoms with Crippen molar-refractivity contribution in [1.29, 1.82) is 0 Å². The highest BCUT2D eigenvalue weighted by molar-refractivity contribution is 5.97. The minimum Gasteiger partial charge on any atom is -0.492 e. The lowest BCUT2D eigenvalue weighted by Gasteiger charge is -2.09. The van der Waals surface area contributed by atoms with E-state index in [1.807, 2.05) is 51.1 Å². The third kappa shape index (κ3) is 4.12. The molecule has 0 aliphatic carbocycles. The molecular formula is C20H21N3O2. The highest BCUT2D eigenvalue weighted by atomic mass is 16.5. The van der Waals surface area contributed by atoms with Crippen molar-refractivity contribution >= 4 is 16.9 Å². The van der Waals surface area contributed by atoms with Gasteiger partial charge in [-0.15, -0.1) is 0 Å². The number of carbonyl (C=O) groups excluding carboxylic acids is 1. The first-order chi connectivity index (χ1) is 12.0. The van der Waals surface area contributed by atoms with Crippen LogP contribution in [0.5, 0.6) is 5.75 Å². The highest BCUT2D eigenvalue weighted by Gasteiger charge is 2.08. The lowest BCUT2D eigenvalue weighted by Crippen LogP contribution is -2.28. The van der Waals surface area contributed by atoms with Crippen molar-refractivity contribution in [3.05, 3.63) is 65.0 Å². The Hall–Kier alpha value is -2.95. The van der Waals surface area contributed by atoms with E-state index in [0.29, 0.717) is 18.7 Å². The molecule has 0 spiro atoms. The summed E-state index contributed by atoms with van der Waals surface area (Å²) in [6, 6.07) is 13.2. The molecule has 1 aromatic heterocycles. The Morgan fingerprint density at radius 3 is 2.36 bits per heavy atom. The number of amides is 1. The maximum atomic E-state index is 12.3. The SMILES string of the molecule is Cc1ccc(OCCNC(=O)c2ccc3nc(C)c(C)nc3c2)cc1. The predicted octanol–water partition coefficient (Wildman–Crippen LogP) is 3.36. The Bertz CT molecular complexity index is 905. The van der Waals surface area contributed by atoms with Gasteiger partial charge in [-0.05, 0) is 51.1 Å². The molecule has 5 heteroatoms. The minimum atomic E-state index is -0.144. The maximum Gasteiger partial charge on any atom is 0.251 e. The van der Waals surface area contributed by atoms with Crippen molar-refractivity contribution in [2.45, 2.75) is 20.8 Å². The van der Waals surface area contributed by atoms with Crippen molar-refractivity contribution in [2.75, 3.05) is 13.2 Å². The van der Waals surface area contributed by atoms with Crippen LogP contribution in [-0.4, -0.2) is 29.0 Å². The second-order valence-corrected chi connectivity index (χ2v) is 6.02. The van der Waals surface area contributed by atoms with Gasteiger partial charge in [-0.1, -0.05) is 17.7 Å². The maximum absolute atomic E-state index is 12.3. The quantitative estimate of drug-likeness (QED) is 0.726. The smallest absolute Gasteiger partial charge is 0.251 e. The van der Waals surface area contributed by atoms with Gasteiger partial charge in [0, 0.05) is 5.56 Å². The molecule has 2 aromatic carbocycles. The Morgan fingerprint density at radius 1 is 0.960 bits per heavy atom. The molecule has 0 fully saturated rings. The normalized spacial score (nSPS) is 10.7. The topological polar surface area (TPSA) is 64.1 Å². The lowest BCUT2D eigenvalue weighted by molar-refractivity contribution is 0.0947. The van der Waals surface area contributed by atoms with E-state index in [0.717, 1.165) is 28.2 Å². The van der Waals surface area contributed by atoms with Crippen LogP contribution in [0.15, 0.2) is 42.5 Å². The van der Waals surface area contributed by atoms with Crippen LogP contribution in [0, 0.1) is 20.8 Å². The van der Waals surface area contributed by atoms with Crippen LogP contribution in [0.2, 0.25) is 0 Å². The number of nitrogens with one attached hydrogen (secondary N) is 1. The van der Waals surface area contributed by atoms with Crippen LogP contribution in [0.3, 0.4) is 0 Å².